The molecule has 0 bridgehead atoms. The minimum Gasteiger partial charge on any atom is -0.378 e. The molecule has 1 aliphatic carbocycles. The third-order valence-corrected chi connectivity index (χ3v) is 3.28. The largest absolute Gasteiger partial charge is 0.378 e. The highest BCUT2D eigenvalue weighted by Gasteiger charge is 2.11. The summed E-state index contributed by atoms with van der Waals surface area (Å²) in [7, 11) is 0. The van der Waals surface area contributed by atoms with E-state index in [4.69, 9.17) is 4.74 Å². The molecule has 96 valence electrons. The van der Waals surface area contributed by atoms with Gasteiger partial charge < -0.3 is 10.1 Å². The van der Waals surface area contributed by atoms with Gasteiger partial charge in [0.05, 0.1) is 6.10 Å². The molecule has 0 radical (unpaired) electrons. The van der Waals surface area contributed by atoms with Gasteiger partial charge in [0.15, 0.2) is 0 Å². The van der Waals surface area contributed by atoms with Gasteiger partial charge in [0.25, 0.3) is 0 Å². The quantitative estimate of drug-likeness (QED) is 0.531. The van der Waals surface area contributed by atoms with Crippen LogP contribution in [-0.2, 0) is 4.74 Å². The van der Waals surface area contributed by atoms with Gasteiger partial charge in [0.1, 0.15) is 0 Å². The van der Waals surface area contributed by atoms with Gasteiger partial charge in [-0.25, -0.2) is 0 Å². The van der Waals surface area contributed by atoms with Gasteiger partial charge in [-0.15, -0.1) is 0 Å². The van der Waals surface area contributed by atoms with Crippen molar-refractivity contribution in [2.24, 2.45) is 0 Å². The number of hydrogen-bond donors (Lipinski definition) is 1. The van der Waals surface area contributed by atoms with E-state index in [1.807, 2.05) is 0 Å². The third kappa shape index (κ3) is 7.24. The molecule has 0 aromatic rings. The molecule has 1 fully saturated rings. The lowest BCUT2D eigenvalue weighted by molar-refractivity contribution is 0.0410. The summed E-state index contributed by atoms with van der Waals surface area (Å²) in [5.74, 6) is 0. The van der Waals surface area contributed by atoms with E-state index in [1.165, 1.54) is 51.4 Å². The van der Waals surface area contributed by atoms with Gasteiger partial charge in [-0.05, 0) is 32.2 Å². The van der Waals surface area contributed by atoms with Crippen molar-refractivity contribution in [1.82, 2.24) is 5.32 Å². The molecule has 0 unspecified atom stereocenters. The molecule has 2 nitrogen and oxygen atoms in total. The summed E-state index contributed by atoms with van der Waals surface area (Å²) < 4.78 is 5.94. The molecule has 0 heterocycles. The second kappa shape index (κ2) is 9.00. The van der Waals surface area contributed by atoms with Crippen LogP contribution in [0, 0.1) is 0 Å². The van der Waals surface area contributed by atoms with Crippen molar-refractivity contribution in [3.63, 3.8) is 0 Å². The Kier molecular flexibility index (Phi) is 7.87. The highest BCUT2D eigenvalue weighted by molar-refractivity contribution is 4.64. The lowest BCUT2D eigenvalue weighted by Crippen LogP contribution is -2.24. The summed E-state index contributed by atoms with van der Waals surface area (Å²) in [5, 5.41) is 3.44. The fourth-order valence-corrected chi connectivity index (χ4v) is 2.28. The van der Waals surface area contributed by atoms with Crippen LogP contribution in [0.2, 0.25) is 0 Å². The number of unbranched alkanes of at least 4 members (excludes halogenated alkanes) is 1. The van der Waals surface area contributed by atoms with Crippen LogP contribution >= 0.6 is 0 Å². The zero-order chi connectivity index (χ0) is 11.6. The smallest absolute Gasteiger partial charge is 0.0575 e. The van der Waals surface area contributed by atoms with E-state index >= 15 is 0 Å². The standard InChI is InChI=1S/C14H29NO/c1-13(2)15-11-7-8-12-16-14-9-5-3-4-6-10-14/h13-15H,3-12H2,1-2H3. The highest BCUT2D eigenvalue weighted by Crippen LogP contribution is 2.19. The van der Waals surface area contributed by atoms with Crippen molar-refractivity contribution >= 4 is 0 Å². The van der Waals surface area contributed by atoms with Crippen LogP contribution in [0.1, 0.15) is 65.2 Å². The Balaban J connectivity index is 1.89. The molecule has 0 spiro atoms. The van der Waals surface area contributed by atoms with Crippen LogP contribution < -0.4 is 5.32 Å². The molecule has 1 saturated carbocycles. The van der Waals surface area contributed by atoms with E-state index in [2.05, 4.69) is 19.2 Å². The van der Waals surface area contributed by atoms with E-state index in [9.17, 15) is 0 Å². The Morgan fingerprint density at radius 2 is 1.75 bits per heavy atom. The van der Waals surface area contributed by atoms with Gasteiger partial charge >= 0.3 is 0 Å². The first-order valence-corrected chi connectivity index (χ1v) is 7.14. The molecular weight excluding hydrogens is 198 g/mol. The fraction of sp³-hybridized carbons (Fsp3) is 1.00. The Morgan fingerprint density at radius 3 is 2.38 bits per heavy atom. The average Bonchev–Trinajstić information content (AvgIpc) is 2.51. The monoisotopic (exact) mass is 227 g/mol. The van der Waals surface area contributed by atoms with E-state index in [1.54, 1.807) is 0 Å². The average molecular weight is 227 g/mol. The first-order chi connectivity index (χ1) is 7.79. The van der Waals surface area contributed by atoms with Crippen LogP contribution in [0.4, 0.5) is 0 Å². The summed E-state index contributed by atoms with van der Waals surface area (Å²) in [6.45, 7) is 6.49. The molecule has 0 saturated heterocycles. The molecule has 1 N–H and O–H groups in total. The van der Waals surface area contributed by atoms with E-state index in [0.29, 0.717) is 12.1 Å². The highest BCUT2D eigenvalue weighted by atomic mass is 16.5. The summed E-state index contributed by atoms with van der Waals surface area (Å²) >= 11 is 0. The maximum absolute atomic E-state index is 5.94. The van der Waals surface area contributed by atoms with Crippen molar-refractivity contribution in [2.75, 3.05) is 13.2 Å². The molecule has 1 rings (SSSR count). The molecule has 0 aliphatic heterocycles. The van der Waals surface area contributed by atoms with Crippen LogP contribution in [0.15, 0.2) is 0 Å². The second-order valence-corrected chi connectivity index (χ2v) is 5.30. The summed E-state index contributed by atoms with van der Waals surface area (Å²) in [5.41, 5.74) is 0. The van der Waals surface area contributed by atoms with Gasteiger partial charge in [-0.3, -0.25) is 0 Å². The topological polar surface area (TPSA) is 21.3 Å². The second-order valence-electron chi connectivity index (χ2n) is 5.30. The molecule has 0 aromatic carbocycles. The van der Waals surface area contributed by atoms with Crippen molar-refractivity contribution in [3.05, 3.63) is 0 Å². The Hall–Kier alpha value is -0.0800. The zero-order valence-corrected chi connectivity index (χ0v) is 11.1. The predicted molar refractivity (Wildman–Crippen MR) is 69.8 cm³/mol. The number of ether oxygens (including phenoxy) is 1. The van der Waals surface area contributed by atoms with Crippen molar-refractivity contribution in [1.29, 1.82) is 0 Å². The molecule has 0 aromatic heterocycles. The van der Waals surface area contributed by atoms with Crippen LogP contribution in [-0.4, -0.2) is 25.3 Å². The van der Waals surface area contributed by atoms with Gasteiger partial charge in [-0.2, -0.15) is 0 Å². The van der Waals surface area contributed by atoms with Gasteiger partial charge in [0.2, 0.25) is 0 Å². The molecule has 0 atom stereocenters. The Bertz CT molecular complexity index is 151. The van der Waals surface area contributed by atoms with Crippen molar-refractivity contribution in [3.8, 4) is 0 Å². The maximum atomic E-state index is 5.94. The van der Waals surface area contributed by atoms with E-state index in [0.717, 1.165) is 13.2 Å². The Morgan fingerprint density at radius 1 is 1.06 bits per heavy atom. The summed E-state index contributed by atoms with van der Waals surface area (Å²) in [6.07, 6.45) is 11.2. The van der Waals surface area contributed by atoms with Crippen LogP contribution in [0.5, 0.6) is 0 Å². The van der Waals surface area contributed by atoms with Crippen molar-refractivity contribution < 1.29 is 4.74 Å². The Labute approximate surface area is 101 Å². The molecule has 16 heavy (non-hydrogen) atoms. The molecular formula is C14H29NO. The minimum atomic E-state index is 0.570. The van der Waals surface area contributed by atoms with Gasteiger partial charge in [-0.1, -0.05) is 39.5 Å². The van der Waals surface area contributed by atoms with Crippen LogP contribution in [0.25, 0.3) is 0 Å². The summed E-state index contributed by atoms with van der Waals surface area (Å²) in [4.78, 5) is 0. The first-order valence-electron chi connectivity index (χ1n) is 7.14. The summed E-state index contributed by atoms with van der Waals surface area (Å²) in [6, 6.07) is 0.614. The minimum absolute atomic E-state index is 0.570. The third-order valence-electron chi connectivity index (χ3n) is 3.28. The van der Waals surface area contributed by atoms with E-state index in [-0.39, 0.29) is 0 Å². The first kappa shape index (κ1) is 14.0. The molecule has 1 aliphatic rings. The van der Waals surface area contributed by atoms with Crippen LogP contribution in [0.3, 0.4) is 0 Å². The predicted octanol–water partition coefficient (Wildman–Crippen LogP) is 3.50. The number of hydrogen-bond acceptors (Lipinski definition) is 2. The van der Waals surface area contributed by atoms with E-state index < -0.39 is 0 Å². The number of nitrogens with one attached hydrogen (secondary N) is 1. The van der Waals surface area contributed by atoms with Crippen molar-refractivity contribution in [2.45, 2.75) is 77.4 Å². The lowest BCUT2D eigenvalue weighted by atomic mass is 10.1. The number of rotatable bonds is 7. The maximum Gasteiger partial charge on any atom is 0.0575 e. The SMILES string of the molecule is CC(C)NCCCCOC1CCCCCC1. The zero-order valence-electron chi connectivity index (χ0n) is 11.1. The normalized spacial score (nSPS) is 18.9. The lowest BCUT2D eigenvalue weighted by Gasteiger charge is -2.15. The molecule has 0 amide bonds. The molecule has 2 heteroatoms. The fourth-order valence-electron chi connectivity index (χ4n) is 2.28. The van der Waals surface area contributed by atoms with Gasteiger partial charge in [0, 0.05) is 12.6 Å².